The van der Waals surface area contributed by atoms with Gasteiger partial charge in [0.25, 0.3) is 6.85 Å². The van der Waals surface area contributed by atoms with E-state index in [-0.39, 0.29) is 16.8 Å². The second kappa shape index (κ2) is 6.95. The van der Waals surface area contributed by atoms with E-state index in [0.717, 1.165) is 11.1 Å². The first-order chi connectivity index (χ1) is 9.87. The summed E-state index contributed by atoms with van der Waals surface area (Å²) in [6.45, 7) is 10.7. The maximum Gasteiger partial charge on any atom is 0.337 e. The SMILES string of the molecule is COC(=O)c1cc(C(C)(C)C)c(OP(Cl)Cl)c(C(C)(C)C)c1. The number of halogens is 2. The highest BCUT2D eigenvalue weighted by molar-refractivity contribution is 8.00. The summed E-state index contributed by atoms with van der Waals surface area (Å²) in [7, 11) is 1.37. The van der Waals surface area contributed by atoms with Gasteiger partial charge in [0.15, 0.2) is 0 Å². The molecule has 0 saturated carbocycles. The molecule has 6 heteroatoms. The first kappa shape index (κ1) is 19.5. The lowest BCUT2D eigenvalue weighted by Gasteiger charge is -2.30. The number of carbonyl (C=O) groups excluding carboxylic acids is 1. The molecule has 0 saturated heterocycles. The standard InChI is InChI=1S/C16H23Cl2O3P/c1-15(2,3)11-8-10(14(19)20-7)9-12(16(4,5)6)13(11)21-22(17)18/h8-9H,1-7H3. The van der Waals surface area contributed by atoms with E-state index in [2.05, 4.69) is 0 Å². The van der Waals surface area contributed by atoms with Gasteiger partial charge in [0.2, 0.25) is 0 Å². The number of hydrogen-bond acceptors (Lipinski definition) is 3. The van der Waals surface area contributed by atoms with Crippen LogP contribution in [0.2, 0.25) is 0 Å². The van der Waals surface area contributed by atoms with Crippen LogP contribution in [-0.2, 0) is 15.6 Å². The van der Waals surface area contributed by atoms with Gasteiger partial charge in [-0.3, -0.25) is 0 Å². The van der Waals surface area contributed by atoms with Crippen LogP contribution in [0.4, 0.5) is 0 Å². The van der Waals surface area contributed by atoms with E-state index in [4.69, 9.17) is 31.7 Å². The lowest BCUT2D eigenvalue weighted by atomic mass is 9.78. The van der Waals surface area contributed by atoms with Gasteiger partial charge in [-0.15, -0.1) is 0 Å². The molecule has 0 aliphatic carbocycles. The van der Waals surface area contributed by atoms with Gasteiger partial charge in [-0.1, -0.05) is 41.5 Å². The molecule has 0 amide bonds. The highest BCUT2D eigenvalue weighted by atomic mass is 35.9. The van der Waals surface area contributed by atoms with E-state index in [0.29, 0.717) is 11.3 Å². The van der Waals surface area contributed by atoms with E-state index < -0.39 is 6.85 Å². The topological polar surface area (TPSA) is 35.5 Å². The normalized spacial score (nSPS) is 12.5. The molecule has 0 N–H and O–H groups in total. The molecule has 0 radical (unpaired) electrons. The quantitative estimate of drug-likeness (QED) is 0.476. The third-order valence-electron chi connectivity index (χ3n) is 3.29. The van der Waals surface area contributed by atoms with Crippen molar-refractivity contribution in [2.75, 3.05) is 7.11 Å². The largest absolute Gasteiger partial charge is 0.465 e. The van der Waals surface area contributed by atoms with Gasteiger partial charge in [-0.25, -0.2) is 4.79 Å². The summed E-state index contributed by atoms with van der Waals surface area (Å²) >= 11 is 11.8. The molecule has 0 aromatic heterocycles. The fraction of sp³-hybridized carbons (Fsp3) is 0.562. The van der Waals surface area contributed by atoms with E-state index in [9.17, 15) is 4.79 Å². The molecule has 0 fully saturated rings. The van der Waals surface area contributed by atoms with Crippen LogP contribution in [-0.4, -0.2) is 13.1 Å². The molecule has 0 atom stereocenters. The highest BCUT2D eigenvalue weighted by Gasteiger charge is 2.30. The van der Waals surface area contributed by atoms with Gasteiger partial charge in [0.1, 0.15) is 5.75 Å². The molecule has 124 valence electrons. The number of hydrogen-bond donors (Lipinski definition) is 0. The van der Waals surface area contributed by atoms with Gasteiger partial charge in [0, 0.05) is 11.1 Å². The van der Waals surface area contributed by atoms with Crippen molar-refractivity contribution in [1.29, 1.82) is 0 Å². The lowest BCUT2D eigenvalue weighted by molar-refractivity contribution is 0.0600. The van der Waals surface area contributed by atoms with E-state index in [1.807, 2.05) is 41.5 Å². The number of ether oxygens (including phenoxy) is 1. The minimum absolute atomic E-state index is 0.238. The molecule has 3 nitrogen and oxygen atoms in total. The third kappa shape index (κ3) is 4.75. The molecule has 0 unspecified atom stereocenters. The second-order valence-electron chi connectivity index (χ2n) is 7.19. The molecular weight excluding hydrogens is 342 g/mol. The fourth-order valence-corrected chi connectivity index (χ4v) is 2.89. The van der Waals surface area contributed by atoms with Crippen LogP contribution in [0.25, 0.3) is 0 Å². The number of methoxy groups -OCH3 is 1. The van der Waals surface area contributed by atoms with Crippen molar-refractivity contribution in [2.45, 2.75) is 52.4 Å². The zero-order valence-electron chi connectivity index (χ0n) is 14.1. The van der Waals surface area contributed by atoms with Crippen molar-refractivity contribution in [2.24, 2.45) is 0 Å². The van der Waals surface area contributed by atoms with Gasteiger partial charge >= 0.3 is 5.97 Å². The van der Waals surface area contributed by atoms with Crippen molar-refractivity contribution < 1.29 is 14.1 Å². The molecule has 0 aliphatic heterocycles. The van der Waals surface area contributed by atoms with Crippen LogP contribution in [0.5, 0.6) is 5.75 Å². The molecule has 1 aromatic carbocycles. The first-order valence-corrected chi connectivity index (χ1v) is 10.0. The molecule has 1 aromatic rings. The van der Waals surface area contributed by atoms with Crippen LogP contribution >= 0.6 is 29.3 Å². The van der Waals surface area contributed by atoms with Crippen molar-refractivity contribution in [3.8, 4) is 5.75 Å². The Balaban J connectivity index is 3.73. The van der Waals surface area contributed by atoms with Crippen LogP contribution < -0.4 is 4.52 Å². The Labute approximate surface area is 143 Å². The highest BCUT2D eigenvalue weighted by Crippen LogP contribution is 2.52. The number of carbonyl (C=O) groups is 1. The molecule has 0 bridgehead atoms. The number of benzene rings is 1. The summed E-state index contributed by atoms with van der Waals surface area (Å²) in [6.07, 6.45) is 0. The monoisotopic (exact) mass is 364 g/mol. The average molecular weight is 365 g/mol. The summed E-state index contributed by atoms with van der Waals surface area (Å²) in [5.74, 6) is 0.283. The Morgan fingerprint density at radius 2 is 1.41 bits per heavy atom. The first-order valence-electron chi connectivity index (χ1n) is 6.95. The molecular formula is C16H23Cl2O3P. The number of rotatable bonds is 3. The average Bonchev–Trinajstić information content (AvgIpc) is 2.34. The van der Waals surface area contributed by atoms with Crippen molar-refractivity contribution in [3.05, 3.63) is 28.8 Å². The number of esters is 1. The predicted octanol–water partition coefficient (Wildman–Crippen LogP) is 6.15. The van der Waals surface area contributed by atoms with Crippen LogP contribution in [0.15, 0.2) is 12.1 Å². The lowest BCUT2D eigenvalue weighted by Crippen LogP contribution is -2.20. The predicted molar refractivity (Wildman–Crippen MR) is 94.4 cm³/mol. The Hall–Kier alpha value is -0.500. The second-order valence-corrected chi connectivity index (χ2v) is 10.1. The Bertz CT molecular complexity index is 522. The van der Waals surface area contributed by atoms with E-state index in [1.165, 1.54) is 7.11 Å². The zero-order chi connectivity index (χ0) is 17.3. The minimum Gasteiger partial charge on any atom is -0.465 e. The van der Waals surface area contributed by atoms with Crippen LogP contribution in [0.3, 0.4) is 0 Å². The Kier molecular flexibility index (Phi) is 6.17. The van der Waals surface area contributed by atoms with Gasteiger partial charge in [0.05, 0.1) is 12.7 Å². The fourth-order valence-electron chi connectivity index (χ4n) is 2.15. The summed E-state index contributed by atoms with van der Waals surface area (Å²) in [6, 6.07) is 3.59. The van der Waals surface area contributed by atoms with Crippen molar-refractivity contribution in [3.63, 3.8) is 0 Å². The van der Waals surface area contributed by atoms with Crippen molar-refractivity contribution >= 4 is 35.3 Å². The summed E-state index contributed by atoms with van der Waals surface area (Å²) in [4.78, 5) is 12.0. The van der Waals surface area contributed by atoms with E-state index in [1.54, 1.807) is 12.1 Å². The zero-order valence-corrected chi connectivity index (χ0v) is 16.5. The molecule has 0 spiro atoms. The van der Waals surface area contributed by atoms with Gasteiger partial charge in [-0.2, -0.15) is 0 Å². The summed E-state index contributed by atoms with van der Waals surface area (Å²) < 4.78 is 10.6. The third-order valence-corrected chi connectivity index (χ3v) is 4.02. The minimum atomic E-state index is -1.60. The summed E-state index contributed by atoms with van der Waals surface area (Å²) in [5, 5.41) is 0. The van der Waals surface area contributed by atoms with Gasteiger partial charge < -0.3 is 9.26 Å². The molecule has 0 heterocycles. The summed E-state index contributed by atoms with van der Waals surface area (Å²) in [5.41, 5.74) is 1.79. The maximum absolute atomic E-state index is 12.0. The van der Waals surface area contributed by atoms with E-state index >= 15 is 0 Å². The van der Waals surface area contributed by atoms with Crippen LogP contribution in [0.1, 0.15) is 63.0 Å². The van der Waals surface area contributed by atoms with Gasteiger partial charge in [-0.05, 0) is 45.4 Å². The Morgan fingerprint density at radius 3 is 1.68 bits per heavy atom. The Morgan fingerprint density at radius 1 is 1.00 bits per heavy atom. The van der Waals surface area contributed by atoms with Crippen molar-refractivity contribution in [1.82, 2.24) is 0 Å². The smallest absolute Gasteiger partial charge is 0.337 e. The van der Waals surface area contributed by atoms with Crippen LogP contribution in [0, 0.1) is 0 Å². The molecule has 0 aliphatic rings. The molecule has 1 rings (SSSR count). The maximum atomic E-state index is 12.0. The molecule has 22 heavy (non-hydrogen) atoms.